The number of rotatable bonds is 4. The second-order valence-electron chi connectivity index (χ2n) is 6.36. The van der Waals surface area contributed by atoms with Crippen molar-refractivity contribution in [2.75, 3.05) is 13.1 Å². The summed E-state index contributed by atoms with van der Waals surface area (Å²) in [7, 11) is 0. The lowest BCUT2D eigenvalue weighted by molar-refractivity contribution is -0.156. The first-order valence-electron chi connectivity index (χ1n) is 7.65. The van der Waals surface area contributed by atoms with Crippen molar-refractivity contribution < 1.29 is 9.59 Å². The minimum atomic E-state index is -0.523. The van der Waals surface area contributed by atoms with Crippen molar-refractivity contribution in [1.82, 2.24) is 10.2 Å². The van der Waals surface area contributed by atoms with E-state index in [0.29, 0.717) is 5.92 Å². The molecular weight excluding hydrogens is 240 g/mol. The van der Waals surface area contributed by atoms with E-state index in [1.807, 2.05) is 4.90 Å². The van der Waals surface area contributed by atoms with Crippen molar-refractivity contribution in [3.05, 3.63) is 0 Å². The summed E-state index contributed by atoms with van der Waals surface area (Å²) < 4.78 is 0. The van der Waals surface area contributed by atoms with Gasteiger partial charge < -0.3 is 10.2 Å². The van der Waals surface area contributed by atoms with E-state index in [4.69, 9.17) is 0 Å². The van der Waals surface area contributed by atoms with Gasteiger partial charge in [0, 0.05) is 6.54 Å². The van der Waals surface area contributed by atoms with Gasteiger partial charge in [0.2, 0.25) is 11.8 Å². The lowest BCUT2D eigenvalue weighted by Gasteiger charge is -2.48. The Labute approximate surface area is 115 Å². The number of carbonyl (C=O) groups excluding carboxylic acids is 2. The van der Waals surface area contributed by atoms with Crippen LogP contribution in [-0.4, -0.2) is 35.3 Å². The third kappa shape index (κ3) is 2.93. The predicted octanol–water partition coefficient (Wildman–Crippen LogP) is 2.08. The maximum Gasteiger partial charge on any atom is 0.246 e. The van der Waals surface area contributed by atoms with E-state index in [0.717, 1.165) is 45.1 Å². The summed E-state index contributed by atoms with van der Waals surface area (Å²) in [5.41, 5.74) is -0.523. The van der Waals surface area contributed by atoms with Gasteiger partial charge in [-0.15, -0.1) is 0 Å². The molecule has 0 aromatic rings. The number of nitrogens with zero attached hydrogens (tertiary/aromatic N) is 1. The second-order valence-corrected chi connectivity index (χ2v) is 6.36. The summed E-state index contributed by atoms with van der Waals surface area (Å²) in [6.07, 6.45) is 7.09. The Morgan fingerprint density at radius 1 is 1.21 bits per heavy atom. The standard InChI is InChI=1S/C15H26N2O2/c1-12(2)7-6-10-17-13(18)11-16-14(19)15(17)8-4-3-5-9-15/h12H,3-11H2,1-2H3,(H,16,19). The number of carbonyl (C=O) groups is 2. The van der Waals surface area contributed by atoms with Gasteiger partial charge in [-0.2, -0.15) is 0 Å². The Balaban J connectivity index is 2.09. The largest absolute Gasteiger partial charge is 0.345 e. The van der Waals surface area contributed by atoms with Gasteiger partial charge in [-0.25, -0.2) is 0 Å². The molecule has 19 heavy (non-hydrogen) atoms. The Morgan fingerprint density at radius 3 is 2.53 bits per heavy atom. The number of hydrogen-bond donors (Lipinski definition) is 1. The number of piperazine rings is 1. The molecule has 0 bridgehead atoms. The molecule has 1 spiro atoms. The quantitative estimate of drug-likeness (QED) is 0.847. The molecule has 1 heterocycles. The van der Waals surface area contributed by atoms with Crippen molar-refractivity contribution >= 4 is 11.8 Å². The fourth-order valence-electron chi connectivity index (χ4n) is 3.41. The van der Waals surface area contributed by atoms with E-state index in [9.17, 15) is 9.59 Å². The van der Waals surface area contributed by atoms with Gasteiger partial charge >= 0.3 is 0 Å². The first kappa shape index (κ1) is 14.4. The van der Waals surface area contributed by atoms with Crippen LogP contribution in [0.25, 0.3) is 0 Å². The molecule has 2 rings (SSSR count). The van der Waals surface area contributed by atoms with Crippen molar-refractivity contribution in [3.63, 3.8) is 0 Å². The molecule has 0 atom stereocenters. The molecule has 1 N–H and O–H groups in total. The van der Waals surface area contributed by atoms with Crippen LogP contribution in [0.4, 0.5) is 0 Å². The number of amides is 2. The van der Waals surface area contributed by atoms with Crippen LogP contribution in [0.3, 0.4) is 0 Å². The fraction of sp³-hybridized carbons (Fsp3) is 0.867. The molecule has 4 nitrogen and oxygen atoms in total. The van der Waals surface area contributed by atoms with Crippen LogP contribution in [0, 0.1) is 5.92 Å². The molecule has 0 aromatic heterocycles. The van der Waals surface area contributed by atoms with E-state index in [1.165, 1.54) is 6.42 Å². The third-order valence-corrected chi connectivity index (χ3v) is 4.48. The van der Waals surface area contributed by atoms with Gasteiger partial charge in [-0.05, 0) is 31.6 Å². The highest BCUT2D eigenvalue weighted by Crippen LogP contribution is 2.36. The Kier molecular flexibility index (Phi) is 4.48. The summed E-state index contributed by atoms with van der Waals surface area (Å²) >= 11 is 0. The molecule has 0 unspecified atom stereocenters. The first-order chi connectivity index (χ1) is 9.06. The van der Waals surface area contributed by atoms with E-state index in [-0.39, 0.29) is 18.4 Å². The highest BCUT2D eigenvalue weighted by Gasteiger charge is 2.49. The average molecular weight is 266 g/mol. The van der Waals surface area contributed by atoms with Crippen LogP contribution in [0.1, 0.15) is 58.8 Å². The van der Waals surface area contributed by atoms with Gasteiger partial charge in [0.1, 0.15) is 5.54 Å². The van der Waals surface area contributed by atoms with Crippen LogP contribution in [0.5, 0.6) is 0 Å². The molecule has 4 heteroatoms. The minimum absolute atomic E-state index is 0.0800. The van der Waals surface area contributed by atoms with Crippen molar-refractivity contribution in [1.29, 1.82) is 0 Å². The number of hydrogen-bond acceptors (Lipinski definition) is 2. The van der Waals surface area contributed by atoms with E-state index in [1.54, 1.807) is 0 Å². The molecule has 108 valence electrons. The van der Waals surface area contributed by atoms with Crippen molar-refractivity contribution in [3.8, 4) is 0 Å². The molecular formula is C15H26N2O2. The molecule has 0 aromatic carbocycles. The van der Waals surface area contributed by atoms with E-state index >= 15 is 0 Å². The summed E-state index contributed by atoms with van der Waals surface area (Å²) in [5, 5.41) is 2.79. The van der Waals surface area contributed by atoms with Crippen LogP contribution in [-0.2, 0) is 9.59 Å². The first-order valence-corrected chi connectivity index (χ1v) is 7.65. The third-order valence-electron chi connectivity index (χ3n) is 4.48. The van der Waals surface area contributed by atoms with Crippen molar-refractivity contribution in [2.45, 2.75) is 64.3 Å². The lowest BCUT2D eigenvalue weighted by atomic mass is 9.78. The van der Waals surface area contributed by atoms with Gasteiger partial charge in [0.25, 0.3) is 0 Å². The lowest BCUT2D eigenvalue weighted by Crippen LogP contribution is -2.67. The van der Waals surface area contributed by atoms with E-state index < -0.39 is 5.54 Å². The molecule has 1 saturated carbocycles. The molecule has 1 aliphatic carbocycles. The minimum Gasteiger partial charge on any atom is -0.345 e. The Hall–Kier alpha value is -1.06. The molecule has 2 aliphatic rings. The molecule has 2 fully saturated rings. The van der Waals surface area contributed by atoms with Crippen LogP contribution in [0.2, 0.25) is 0 Å². The normalized spacial score (nSPS) is 23.0. The average Bonchev–Trinajstić information content (AvgIpc) is 2.39. The molecule has 0 radical (unpaired) electrons. The Morgan fingerprint density at radius 2 is 1.89 bits per heavy atom. The van der Waals surface area contributed by atoms with Crippen molar-refractivity contribution in [2.24, 2.45) is 5.92 Å². The highest BCUT2D eigenvalue weighted by molar-refractivity contribution is 5.98. The highest BCUT2D eigenvalue weighted by atomic mass is 16.2. The second kappa shape index (κ2) is 5.93. The smallest absolute Gasteiger partial charge is 0.246 e. The van der Waals surface area contributed by atoms with Gasteiger partial charge in [-0.1, -0.05) is 33.1 Å². The molecule has 1 aliphatic heterocycles. The molecule has 1 saturated heterocycles. The zero-order valence-electron chi connectivity index (χ0n) is 12.2. The van der Waals surface area contributed by atoms with E-state index in [2.05, 4.69) is 19.2 Å². The molecule has 2 amide bonds. The van der Waals surface area contributed by atoms with Crippen LogP contribution in [0.15, 0.2) is 0 Å². The van der Waals surface area contributed by atoms with Gasteiger partial charge in [0.15, 0.2) is 0 Å². The predicted molar refractivity (Wildman–Crippen MR) is 74.6 cm³/mol. The summed E-state index contributed by atoms with van der Waals surface area (Å²) in [4.78, 5) is 26.4. The van der Waals surface area contributed by atoms with Crippen LogP contribution < -0.4 is 5.32 Å². The zero-order chi connectivity index (χ0) is 13.9. The van der Waals surface area contributed by atoms with Gasteiger partial charge in [-0.3, -0.25) is 9.59 Å². The summed E-state index contributed by atoms with van der Waals surface area (Å²) in [5.74, 6) is 0.831. The summed E-state index contributed by atoms with van der Waals surface area (Å²) in [6, 6.07) is 0. The Bertz CT molecular complexity index is 346. The maximum atomic E-state index is 12.3. The zero-order valence-corrected chi connectivity index (χ0v) is 12.2. The topological polar surface area (TPSA) is 49.4 Å². The summed E-state index contributed by atoms with van der Waals surface area (Å²) in [6.45, 7) is 5.31. The van der Waals surface area contributed by atoms with Crippen LogP contribution >= 0.6 is 0 Å². The fourth-order valence-corrected chi connectivity index (χ4v) is 3.41. The number of nitrogens with one attached hydrogen (secondary N) is 1. The van der Waals surface area contributed by atoms with Gasteiger partial charge in [0.05, 0.1) is 6.54 Å². The maximum absolute atomic E-state index is 12.3. The SMILES string of the molecule is CC(C)CCCN1C(=O)CNC(=O)C12CCCCC2. The monoisotopic (exact) mass is 266 g/mol.